The monoisotopic (exact) mass is 519 g/mol. The van der Waals surface area contributed by atoms with Crippen LogP contribution in [0.1, 0.15) is 54.4 Å². The zero-order valence-corrected chi connectivity index (χ0v) is 21.7. The van der Waals surface area contributed by atoms with Crippen molar-refractivity contribution in [3.8, 4) is 22.9 Å². The Labute approximate surface area is 221 Å². The van der Waals surface area contributed by atoms with Crippen LogP contribution in [0.25, 0.3) is 11.4 Å². The predicted octanol–water partition coefficient (Wildman–Crippen LogP) is 3.56. The Morgan fingerprint density at radius 2 is 1.79 bits per heavy atom. The number of aromatic nitrogens is 2. The van der Waals surface area contributed by atoms with E-state index >= 15 is 0 Å². The SMILES string of the molecule is CN(C)C(c1ccccc1)C1CCC(NC(=O)CCNC(=O)c2nc(-c3ccc4c(c3)OCO4)no2)CC1. The molecule has 10 heteroatoms. The molecule has 1 saturated carbocycles. The van der Waals surface area contributed by atoms with E-state index in [0.717, 1.165) is 25.7 Å². The molecule has 2 amide bonds. The van der Waals surface area contributed by atoms with Crippen molar-refractivity contribution in [2.75, 3.05) is 27.4 Å². The van der Waals surface area contributed by atoms with E-state index in [-0.39, 0.29) is 43.4 Å². The second kappa shape index (κ2) is 11.6. The summed E-state index contributed by atoms with van der Waals surface area (Å²) in [5.41, 5.74) is 1.98. The van der Waals surface area contributed by atoms with Gasteiger partial charge in [-0.25, -0.2) is 0 Å². The van der Waals surface area contributed by atoms with Crippen LogP contribution in [0.3, 0.4) is 0 Å². The van der Waals surface area contributed by atoms with Gasteiger partial charge in [-0.2, -0.15) is 4.98 Å². The number of hydrogen-bond acceptors (Lipinski definition) is 8. The fourth-order valence-electron chi connectivity index (χ4n) is 5.36. The zero-order chi connectivity index (χ0) is 26.5. The average molecular weight is 520 g/mol. The first-order valence-corrected chi connectivity index (χ1v) is 13.0. The number of nitrogens with one attached hydrogen (secondary N) is 2. The lowest BCUT2D eigenvalue weighted by atomic mass is 9.78. The maximum atomic E-state index is 12.5. The van der Waals surface area contributed by atoms with Crippen LogP contribution in [0.5, 0.6) is 11.5 Å². The smallest absolute Gasteiger partial charge is 0.316 e. The quantitative estimate of drug-likeness (QED) is 0.441. The summed E-state index contributed by atoms with van der Waals surface area (Å²) in [5, 5.41) is 9.69. The second-order valence-electron chi connectivity index (χ2n) is 10.00. The van der Waals surface area contributed by atoms with E-state index in [1.165, 1.54) is 5.56 Å². The van der Waals surface area contributed by atoms with Gasteiger partial charge in [-0.05, 0) is 69.5 Å². The number of amides is 2. The topological polar surface area (TPSA) is 119 Å². The Balaban J connectivity index is 1.05. The average Bonchev–Trinajstić information content (AvgIpc) is 3.60. The zero-order valence-electron chi connectivity index (χ0n) is 21.7. The molecule has 1 unspecified atom stereocenters. The summed E-state index contributed by atoms with van der Waals surface area (Å²) in [6.07, 6.45) is 4.19. The van der Waals surface area contributed by atoms with Crippen LogP contribution in [0.2, 0.25) is 0 Å². The molecule has 2 N–H and O–H groups in total. The molecule has 3 aromatic rings. The highest BCUT2D eigenvalue weighted by molar-refractivity contribution is 5.90. The standard InChI is InChI=1S/C28H33N5O5/c1-33(2)25(18-6-4-3-5-7-18)19-8-11-21(12-9-19)30-24(34)14-15-29-27(35)28-31-26(32-38-28)20-10-13-22-23(16-20)37-17-36-22/h3-7,10,13,16,19,21,25H,8-9,11-12,14-15,17H2,1-2H3,(H,29,35)(H,30,34). The molecule has 1 fully saturated rings. The summed E-state index contributed by atoms with van der Waals surface area (Å²) < 4.78 is 15.8. The molecule has 1 aromatic heterocycles. The van der Waals surface area contributed by atoms with Gasteiger partial charge in [0, 0.05) is 30.6 Å². The van der Waals surface area contributed by atoms with Gasteiger partial charge in [-0.1, -0.05) is 35.5 Å². The molecule has 0 bridgehead atoms. The van der Waals surface area contributed by atoms with E-state index < -0.39 is 5.91 Å². The predicted molar refractivity (Wildman–Crippen MR) is 140 cm³/mol. The number of benzene rings is 2. The Kier molecular flexibility index (Phi) is 7.88. The minimum Gasteiger partial charge on any atom is -0.454 e. The molecule has 2 aliphatic rings. The van der Waals surface area contributed by atoms with Crippen molar-refractivity contribution in [1.29, 1.82) is 0 Å². The molecule has 1 aliphatic heterocycles. The number of ether oxygens (including phenoxy) is 2. The number of carbonyl (C=O) groups excluding carboxylic acids is 2. The van der Waals surface area contributed by atoms with Gasteiger partial charge in [0.05, 0.1) is 0 Å². The third-order valence-electron chi connectivity index (χ3n) is 7.17. The van der Waals surface area contributed by atoms with Gasteiger partial charge in [0.1, 0.15) is 0 Å². The molecule has 38 heavy (non-hydrogen) atoms. The van der Waals surface area contributed by atoms with Crippen LogP contribution < -0.4 is 20.1 Å². The molecular formula is C28H33N5O5. The molecule has 0 spiro atoms. The van der Waals surface area contributed by atoms with Crippen molar-refractivity contribution in [2.24, 2.45) is 5.92 Å². The lowest BCUT2D eigenvalue weighted by Gasteiger charge is -2.37. The summed E-state index contributed by atoms with van der Waals surface area (Å²) in [6.45, 7) is 0.344. The van der Waals surface area contributed by atoms with Gasteiger partial charge in [0.2, 0.25) is 18.5 Å². The first-order chi connectivity index (χ1) is 18.5. The van der Waals surface area contributed by atoms with Crippen LogP contribution >= 0.6 is 0 Å². The largest absolute Gasteiger partial charge is 0.454 e. The van der Waals surface area contributed by atoms with Crippen LogP contribution in [-0.4, -0.2) is 60.3 Å². The maximum absolute atomic E-state index is 12.5. The van der Waals surface area contributed by atoms with E-state index in [2.05, 4.69) is 64.0 Å². The summed E-state index contributed by atoms with van der Waals surface area (Å²) in [7, 11) is 4.26. The highest BCUT2D eigenvalue weighted by Crippen LogP contribution is 2.37. The van der Waals surface area contributed by atoms with Gasteiger partial charge < -0.3 is 29.5 Å². The van der Waals surface area contributed by atoms with Gasteiger partial charge in [0.25, 0.3) is 0 Å². The number of nitrogens with zero attached hydrogens (tertiary/aromatic N) is 3. The molecular weight excluding hydrogens is 486 g/mol. The summed E-state index contributed by atoms with van der Waals surface area (Å²) >= 11 is 0. The summed E-state index contributed by atoms with van der Waals surface area (Å²) in [5.74, 6) is 1.30. The van der Waals surface area contributed by atoms with E-state index in [4.69, 9.17) is 14.0 Å². The van der Waals surface area contributed by atoms with Crippen molar-refractivity contribution in [2.45, 2.75) is 44.2 Å². The van der Waals surface area contributed by atoms with Crippen molar-refractivity contribution >= 4 is 11.8 Å². The lowest BCUT2D eigenvalue weighted by molar-refractivity contribution is -0.122. The van der Waals surface area contributed by atoms with Gasteiger partial charge in [0.15, 0.2) is 11.5 Å². The molecule has 2 aromatic carbocycles. The number of rotatable bonds is 9. The molecule has 1 atom stereocenters. The number of hydrogen-bond donors (Lipinski definition) is 2. The molecule has 1 aliphatic carbocycles. The number of carbonyl (C=O) groups is 2. The van der Waals surface area contributed by atoms with E-state index in [1.807, 2.05) is 6.07 Å². The molecule has 0 radical (unpaired) electrons. The third-order valence-corrected chi connectivity index (χ3v) is 7.17. The van der Waals surface area contributed by atoms with Crippen molar-refractivity contribution in [1.82, 2.24) is 25.7 Å². The first kappa shape index (κ1) is 25.7. The fourth-order valence-corrected chi connectivity index (χ4v) is 5.36. The molecule has 5 rings (SSSR count). The van der Waals surface area contributed by atoms with E-state index in [0.29, 0.717) is 29.0 Å². The summed E-state index contributed by atoms with van der Waals surface area (Å²) in [6, 6.07) is 16.4. The van der Waals surface area contributed by atoms with E-state index in [9.17, 15) is 9.59 Å². The lowest BCUT2D eigenvalue weighted by Crippen LogP contribution is -2.41. The van der Waals surface area contributed by atoms with Crippen molar-refractivity contribution < 1.29 is 23.6 Å². The highest BCUT2D eigenvalue weighted by atomic mass is 16.7. The van der Waals surface area contributed by atoms with Crippen molar-refractivity contribution in [3.05, 3.63) is 60.0 Å². The second-order valence-corrected chi connectivity index (χ2v) is 10.00. The molecule has 0 saturated heterocycles. The Hall–Kier alpha value is -3.92. The van der Waals surface area contributed by atoms with Crippen LogP contribution in [0, 0.1) is 5.92 Å². The normalized spacial score (nSPS) is 19.2. The van der Waals surface area contributed by atoms with Gasteiger partial charge >= 0.3 is 11.8 Å². The molecule has 200 valence electrons. The number of fused-ring (bicyclic) bond motifs is 1. The van der Waals surface area contributed by atoms with Crippen LogP contribution in [-0.2, 0) is 4.79 Å². The molecule has 2 heterocycles. The minimum absolute atomic E-state index is 0.0763. The maximum Gasteiger partial charge on any atom is 0.316 e. The van der Waals surface area contributed by atoms with Gasteiger partial charge in [-0.15, -0.1) is 0 Å². The van der Waals surface area contributed by atoms with Crippen molar-refractivity contribution in [3.63, 3.8) is 0 Å². The van der Waals surface area contributed by atoms with Crippen LogP contribution in [0.15, 0.2) is 53.1 Å². The first-order valence-electron chi connectivity index (χ1n) is 13.0. The van der Waals surface area contributed by atoms with E-state index in [1.54, 1.807) is 18.2 Å². The Bertz CT molecular complexity index is 1250. The summed E-state index contributed by atoms with van der Waals surface area (Å²) in [4.78, 5) is 31.4. The Morgan fingerprint density at radius 1 is 1.03 bits per heavy atom. The van der Waals surface area contributed by atoms with Crippen LogP contribution in [0.4, 0.5) is 0 Å². The molecule has 10 nitrogen and oxygen atoms in total. The Morgan fingerprint density at radius 3 is 2.55 bits per heavy atom. The van der Waals surface area contributed by atoms with Gasteiger partial charge in [-0.3, -0.25) is 9.59 Å². The third kappa shape index (κ3) is 5.96. The minimum atomic E-state index is -0.520. The fraction of sp³-hybridized carbons (Fsp3) is 0.429. The highest BCUT2D eigenvalue weighted by Gasteiger charge is 2.30.